The summed E-state index contributed by atoms with van der Waals surface area (Å²) in [5.74, 6) is 0.0578. The standard InChI is InChI=1S/C66H122NO7P/c1-7-10-13-16-19-22-25-28-31-34-36-39-42-45-48-51-54-57-64(66(59-67(4,5)6)74-75(71,72)73-61-62(69)60-68)63(56-53-50-47-44-41-38-35-32-29-26-23-20-17-14-11-8-2)65(70)58-55-52-49-46-43-40-37-33-30-27-24-21-18-15-12-9-3/h31,34,36,39,42,45,48,51,54,57,62,66,68-69H,7-30,32-33,35,37-38,40-41,43-44,46-47,49-50,52-53,55-56,58-61H2,1-6H3/t62-,66?/m1/s1. The molecule has 0 aliphatic rings. The van der Waals surface area contributed by atoms with E-state index < -0.39 is 33.2 Å². The number of unbranched alkanes of at least 4 members (excludes halogenated alkanes) is 37. The zero-order chi connectivity index (χ0) is 55.2. The second-order valence-corrected chi connectivity index (χ2v) is 24.3. The van der Waals surface area contributed by atoms with Gasteiger partial charge in [0.2, 0.25) is 0 Å². The molecule has 0 amide bonds. The lowest BCUT2D eigenvalue weighted by molar-refractivity contribution is -0.872. The van der Waals surface area contributed by atoms with Gasteiger partial charge in [0.1, 0.15) is 18.8 Å². The Morgan fingerprint density at radius 3 is 1.20 bits per heavy atom. The van der Waals surface area contributed by atoms with Gasteiger partial charge in [-0.3, -0.25) is 9.36 Å². The Balaban J connectivity index is 6.05. The molecule has 3 atom stereocenters. The fraction of sp³-hybridized carbons (Fsp3) is 0.803. The van der Waals surface area contributed by atoms with Crippen molar-refractivity contribution in [3.8, 4) is 0 Å². The molecule has 0 rings (SSSR count). The van der Waals surface area contributed by atoms with Gasteiger partial charge in [-0.2, -0.15) is 0 Å². The molecule has 75 heavy (non-hydrogen) atoms. The highest BCUT2D eigenvalue weighted by Crippen LogP contribution is 2.42. The van der Waals surface area contributed by atoms with Gasteiger partial charge < -0.3 is 28.6 Å². The zero-order valence-electron chi connectivity index (χ0n) is 50.1. The maximum Gasteiger partial charge on any atom is 0.268 e. The van der Waals surface area contributed by atoms with Crippen molar-refractivity contribution in [3.05, 3.63) is 71.9 Å². The minimum absolute atomic E-state index is 0.0578. The van der Waals surface area contributed by atoms with Crippen LogP contribution >= 0.6 is 7.82 Å². The second kappa shape index (κ2) is 54.1. The van der Waals surface area contributed by atoms with Crippen molar-refractivity contribution >= 4 is 13.6 Å². The highest BCUT2D eigenvalue weighted by Gasteiger charge is 2.30. The summed E-state index contributed by atoms with van der Waals surface area (Å²) in [5.41, 5.74) is 1.20. The number of quaternary nitrogens is 1. The fourth-order valence-electron chi connectivity index (χ4n) is 9.72. The van der Waals surface area contributed by atoms with Crippen LogP contribution in [0.3, 0.4) is 0 Å². The van der Waals surface area contributed by atoms with Crippen LogP contribution in [0.25, 0.3) is 0 Å². The molecule has 0 saturated carbocycles. The molecule has 2 unspecified atom stereocenters. The average molecular weight is 1070 g/mol. The Morgan fingerprint density at radius 1 is 0.493 bits per heavy atom. The molecule has 0 aliphatic heterocycles. The van der Waals surface area contributed by atoms with Gasteiger partial charge in [-0.05, 0) is 37.7 Å². The summed E-state index contributed by atoms with van der Waals surface area (Å²) >= 11 is 0. The van der Waals surface area contributed by atoms with Crippen molar-refractivity contribution in [1.29, 1.82) is 0 Å². The summed E-state index contributed by atoms with van der Waals surface area (Å²) in [5, 5.41) is 19.3. The van der Waals surface area contributed by atoms with Crippen LogP contribution < -0.4 is 4.89 Å². The molecular weight excluding hydrogens is 950 g/mol. The van der Waals surface area contributed by atoms with Crippen LogP contribution in [0.2, 0.25) is 0 Å². The number of hydrogen-bond donors (Lipinski definition) is 2. The minimum atomic E-state index is -4.97. The molecule has 2 N–H and O–H groups in total. The molecule has 0 aromatic heterocycles. The number of phosphoric ester groups is 1. The number of carbonyl (C=O) groups is 1. The first-order chi connectivity index (χ1) is 36.4. The minimum Gasteiger partial charge on any atom is -0.756 e. The molecule has 0 spiro atoms. The van der Waals surface area contributed by atoms with Gasteiger partial charge in [0.05, 0.1) is 34.4 Å². The van der Waals surface area contributed by atoms with Gasteiger partial charge in [0.25, 0.3) is 7.82 Å². The van der Waals surface area contributed by atoms with E-state index in [1.54, 1.807) is 0 Å². The largest absolute Gasteiger partial charge is 0.756 e. The van der Waals surface area contributed by atoms with Crippen molar-refractivity contribution < 1.29 is 38.0 Å². The Morgan fingerprint density at radius 2 is 0.827 bits per heavy atom. The van der Waals surface area contributed by atoms with Gasteiger partial charge in [-0.1, -0.05) is 313 Å². The number of nitrogens with zero attached hydrogens (tertiary/aromatic N) is 1. The van der Waals surface area contributed by atoms with E-state index in [1.807, 2.05) is 69.8 Å². The summed E-state index contributed by atoms with van der Waals surface area (Å²) in [4.78, 5) is 28.0. The van der Waals surface area contributed by atoms with E-state index in [4.69, 9.17) is 9.05 Å². The van der Waals surface area contributed by atoms with E-state index >= 15 is 0 Å². The summed E-state index contributed by atoms with van der Waals surface area (Å²) in [6.07, 6.45) is 69.3. The SMILES string of the molecule is CCCCCCCCCC=CC=CC=CC=CC=CC(=C(CCCCCCCCCCCCCCCCCC)C(=O)CCCCCCCCCCCCCCCCCC)C(C[N+](C)(C)C)OP(=O)([O-])OC[C@H](O)CO. The van der Waals surface area contributed by atoms with E-state index in [0.717, 1.165) is 44.9 Å². The number of allylic oxidation sites excluding steroid dienone is 10. The third kappa shape index (κ3) is 51.3. The zero-order valence-corrected chi connectivity index (χ0v) is 51.0. The van der Waals surface area contributed by atoms with E-state index in [9.17, 15) is 24.5 Å². The lowest BCUT2D eigenvalue weighted by Gasteiger charge is -2.34. The van der Waals surface area contributed by atoms with Crippen LogP contribution in [0.5, 0.6) is 0 Å². The van der Waals surface area contributed by atoms with Crippen LogP contribution in [0.4, 0.5) is 0 Å². The number of rotatable bonds is 57. The third-order valence-electron chi connectivity index (χ3n) is 14.3. The van der Waals surface area contributed by atoms with E-state index in [0.29, 0.717) is 28.5 Å². The van der Waals surface area contributed by atoms with Gasteiger partial charge in [0, 0.05) is 12.0 Å². The van der Waals surface area contributed by atoms with E-state index in [2.05, 4.69) is 32.9 Å². The normalized spacial score (nSPS) is 14.6. The lowest BCUT2D eigenvalue weighted by atomic mass is 9.91. The first kappa shape index (κ1) is 73.1. The summed E-state index contributed by atoms with van der Waals surface area (Å²) in [7, 11) is 0.943. The number of aliphatic hydroxyl groups is 2. The molecule has 8 nitrogen and oxygen atoms in total. The van der Waals surface area contributed by atoms with Gasteiger partial charge in [0.15, 0.2) is 5.78 Å². The van der Waals surface area contributed by atoms with Crippen LogP contribution in [0.1, 0.15) is 290 Å². The van der Waals surface area contributed by atoms with Gasteiger partial charge >= 0.3 is 0 Å². The van der Waals surface area contributed by atoms with Crippen LogP contribution in [0, 0.1) is 0 Å². The maximum absolute atomic E-state index is 14.6. The smallest absolute Gasteiger partial charge is 0.268 e. The highest BCUT2D eigenvalue weighted by molar-refractivity contribution is 7.45. The summed E-state index contributed by atoms with van der Waals surface area (Å²) in [6, 6.07) is 0. The predicted molar refractivity (Wildman–Crippen MR) is 323 cm³/mol. The monoisotopic (exact) mass is 1070 g/mol. The fourth-order valence-corrected chi connectivity index (χ4v) is 10.6. The number of Topliss-reactive ketones (excluding diaryl/α,β-unsaturated/α-hetero) is 1. The Kier molecular flexibility index (Phi) is 52.7. The second-order valence-electron chi connectivity index (χ2n) is 23.0. The molecule has 9 heteroatoms. The third-order valence-corrected chi connectivity index (χ3v) is 15.3. The Labute approximate surface area is 465 Å². The number of hydrogen-bond acceptors (Lipinski definition) is 7. The van der Waals surface area contributed by atoms with E-state index in [1.165, 1.54) is 212 Å². The molecule has 438 valence electrons. The van der Waals surface area contributed by atoms with Crippen LogP contribution in [0.15, 0.2) is 71.9 Å². The quantitative estimate of drug-likeness (QED) is 0.0205. The molecule has 0 aromatic rings. The van der Waals surface area contributed by atoms with Crippen molar-refractivity contribution in [1.82, 2.24) is 0 Å². The first-order valence-corrected chi connectivity index (χ1v) is 33.2. The molecular formula is C66H122NO7P. The Hall–Kier alpha value is -1.90. The Bertz CT molecular complexity index is 1510. The average Bonchev–Trinajstić information content (AvgIpc) is 3.38. The molecule has 0 radical (unpaired) electrons. The van der Waals surface area contributed by atoms with E-state index in [-0.39, 0.29) is 12.3 Å². The van der Waals surface area contributed by atoms with Crippen molar-refractivity contribution in [2.24, 2.45) is 0 Å². The number of likely N-dealkylation sites (N-methyl/N-ethyl adjacent to an activating group) is 1. The van der Waals surface area contributed by atoms with Crippen LogP contribution in [-0.2, 0) is 18.4 Å². The summed E-state index contributed by atoms with van der Waals surface area (Å²) < 4.78 is 24.8. The van der Waals surface area contributed by atoms with Gasteiger partial charge in [-0.25, -0.2) is 0 Å². The van der Waals surface area contributed by atoms with Crippen LogP contribution in [-0.4, -0.2) is 73.6 Å². The summed E-state index contributed by atoms with van der Waals surface area (Å²) in [6.45, 7) is 5.81. The molecule has 0 aromatic carbocycles. The number of carbonyl (C=O) groups excluding carboxylic acids is 1. The first-order valence-electron chi connectivity index (χ1n) is 31.7. The van der Waals surface area contributed by atoms with Crippen molar-refractivity contribution in [2.75, 3.05) is 40.9 Å². The number of phosphoric acid groups is 1. The molecule has 0 aliphatic carbocycles. The van der Waals surface area contributed by atoms with Crippen molar-refractivity contribution in [3.63, 3.8) is 0 Å². The predicted octanol–water partition coefficient (Wildman–Crippen LogP) is 19.0. The van der Waals surface area contributed by atoms with Crippen molar-refractivity contribution in [2.45, 2.75) is 303 Å². The number of aliphatic hydroxyl groups excluding tert-OH is 2. The van der Waals surface area contributed by atoms with Gasteiger partial charge in [-0.15, -0.1) is 0 Å². The number of ketones is 1. The molecule has 0 saturated heterocycles. The molecule has 0 heterocycles. The topological polar surface area (TPSA) is 116 Å². The molecule has 0 bridgehead atoms. The molecule has 0 fully saturated rings. The highest BCUT2D eigenvalue weighted by atomic mass is 31.2. The maximum atomic E-state index is 14.6. The lowest BCUT2D eigenvalue weighted by Crippen LogP contribution is -2.43.